The molecule has 3 heterocycles. The molecule has 6 heteroatoms. The SMILES string of the molecule is C[C@@]12CC[C@@H](Nc3ncnc4[nH]ncc34)[C@@H]1CN(CCc1ccccc1)C2. The molecule has 0 radical (unpaired) electrons. The van der Waals surface area contributed by atoms with Gasteiger partial charge >= 0.3 is 0 Å². The van der Waals surface area contributed by atoms with Gasteiger partial charge in [0.2, 0.25) is 0 Å². The largest absolute Gasteiger partial charge is 0.366 e. The van der Waals surface area contributed by atoms with Gasteiger partial charge in [0, 0.05) is 25.7 Å². The Balaban J connectivity index is 1.28. The molecule has 1 saturated heterocycles. The van der Waals surface area contributed by atoms with E-state index in [9.17, 15) is 0 Å². The number of aromatic amines is 1. The van der Waals surface area contributed by atoms with Gasteiger partial charge in [0.15, 0.2) is 5.65 Å². The molecule has 2 aromatic heterocycles. The lowest BCUT2D eigenvalue weighted by Crippen LogP contribution is -2.32. The first-order valence-corrected chi connectivity index (χ1v) is 9.88. The number of aromatic nitrogens is 4. The molecule has 0 spiro atoms. The van der Waals surface area contributed by atoms with Crippen LogP contribution in [-0.2, 0) is 6.42 Å². The highest BCUT2D eigenvalue weighted by molar-refractivity contribution is 5.85. The molecule has 6 nitrogen and oxygen atoms in total. The van der Waals surface area contributed by atoms with Gasteiger partial charge in [-0.2, -0.15) is 5.10 Å². The van der Waals surface area contributed by atoms with Crippen molar-refractivity contribution < 1.29 is 0 Å². The number of fused-ring (bicyclic) bond motifs is 2. The maximum absolute atomic E-state index is 4.48. The first-order chi connectivity index (χ1) is 13.2. The number of anilines is 1. The van der Waals surface area contributed by atoms with Crippen LogP contribution in [-0.4, -0.2) is 50.7 Å². The summed E-state index contributed by atoms with van der Waals surface area (Å²) in [5, 5.41) is 11.7. The maximum atomic E-state index is 4.48. The summed E-state index contributed by atoms with van der Waals surface area (Å²) >= 11 is 0. The lowest BCUT2D eigenvalue weighted by Gasteiger charge is -2.26. The number of H-pyrrole nitrogens is 1. The van der Waals surface area contributed by atoms with Crippen molar-refractivity contribution in [2.45, 2.75) is 32.2 Å². The number of nitrogens with zero attached hydrogens (tertiary/aromatic N) is 4. The average molecular weight is 362 g/mol. The van der Waals surface area contributed by atoms with E-state index in [1.165, 1.54) is 31.5 Å². The summed E-state index contributed by atoms with van der Waals surface area (Å²) in [6.07, 6.45) is 7.03. The monoisotopic (exact) mass is 362 g/mol. The van der Waals surface area contributed by atoms with Gasteiger partial charge in [-0.15, -0.1) is 0 Å². The third-order valence-electron chi connectivity index (χ3n) is 6.58. The highest BCUT2D eigenvalue weighted by atomic mass is 15.2. The summed E-state index contributed by atoms with van der Waals surface area (Å²) < 4.78 is 0. The standard InChI is InChI=1S/C21H26N6/c1-21-9-7-18(25-19-16-11-24-26-20(16)23-14-22-19)17(21)12-27(13-21)10-8-15-5-3-2-4-6-15/h2-6,11,14,17-18H,7-10,12-13H2,1H3,(H2,22,23,24,25,26)/t17-,18+,21-/m0/s1. The Morgan fingerprint density at radius 1 is 1.26 bits per heavy atom. The maximum Gasteiger partial charge on any atom is 0.160 e. The van der Waals surface area contributed by atoms with Gasteiger partial charge in [0.05, 0.1) is 11.6 Å². The molecule has 1 saturated carbocycles. The van der Waals surface area contributed by atoms with Crippen LogP contribution in [0.5, 0.6) is 0 Å². The molecule has 3 atom stereocenters. The van der Waals surface area contributed by atoms with Crippen LogP contribution in [0, 0.1) is 11.3 Å². The van der Waals surface area contributed by atoms with Gasteiger partial charge in [-0.1, -0.05) is 37.3 Å². The summed E-state index contributed by atoms with van der Waals surface area (Å²) in [6, 6.07) is 11.3. The van der Waals surface area contributed by atoms with Crippen LogP contribution in [0.1, 0.15) is 25.3 Å². The Morgan fingerprint density at radius 3 is 3.04 bits per heavy atom. The zero-order chi connectivity index (χ0) is 18.3. The third kappa shape index (κ3) is 3.08. The van der Waals surface area contributed by atoms with Crippen molar-refractivity contribution in [2.24, 2.45) is 11.3 Å². The van der Waals surface area contributed by atoms with E-state index in [0.29, 0.717) is 17.4 Å². The Hall–Kier alpha value is -2.47. The second-order valence-electron chi connectivity index (χ2n) is 8.38. The van der Waals surface area contributed by atoms with Crippen molar-refractivity contribution in [2.75, 3.05) is 25.0 Å². The van der Waals surface area contributed by atoms with Gasteiger partial charge < -0.3 is 10.2 Å². The average Bonchev–Trinajstić information content (AvgIpc) is 3.36. The highest BCUT2D eigenvalue weighted by Gasteiger charge is 2.50. The molecule has 27 heavy (non-hydrogen) atoms. The highest BCUT2D eigenvalue weighted by Crippen LogP contribution is 2.49. The first kappa shape index (κ1) is 16.7. The van der Waals surface area contributed by atoms with E-state index in [4.69, 9.17) is 0 Å². The molecular formula is C21H26N6. The number of nitrogens with one attached hydrogen (secondary N) is 2. The fourth-order valence-corrected chi connectivity index (χ4v) is 5.09. The number of likely N-dealkylation sites (tertiary alicyclic amines) is 1. The smallest absolute Gasteiger partial charge is 0.160 e. The van der Waals surface area contributed by atoms with Gasteiger partial charge in [-0.3, -0.25) is 5.10 Å². The van der Waals surface area contributed by atoms with Gasteiger partial charge in [0.1, 0.15) is 12.1 Å². The molecule has 1 aliphatic heterocycles. The predicted molar refractivity (Wildman–Crippen MR) is 107 cm³/mol. The lowest BCUT2D eigenvalue weighted by atomic mass is 9.82. The normalized spacial score (nSPS) is 27.9. The predicted octanol–water partition coefficient (Wildman–Crippen LogP) is 3.11. The molecule has 5 rings (SSSR count). The number of rotatable bonds is 5. The Labute approximate surface area is 159 Å². The minimum absolute atomic E-state index is 0.400. The zero-order valence-corrected chi connectivity index (χ0v) is 15.7. The number of benzene rings is 1. The lowest BCUT2D eigenvalue weighted by molar-refractivity contribution is 0.267. The summed E-state index contributed by atoms with van der Waals surface area (Å²) in [6.45, 7) is 5.98. The Morgan fingerprint density at radius 2 is 2.15 bits per heavy atom. The van der Waals surface area contributed by atoms with Gasteiger partial charge in [-0.25, -0.2) is 9.97 Å². The minimum Gasteiger partial charge on any atom is -0.366 e. The molecule has 0 unspecified atom stereocenters. The molecule has 2 aliphatic rings. The van der Waals surface area contributed by atoms with Crippen LogP contribution >= 0.6 is 0 Å². The molecule has 3 aromatic rings. The Bertz CT molecular complexity index is 923. The van der Waals surface area contributed by atoms with Gasteiger partial charge in [-0.05, 0) is 36.2 Å². The molecule has 1 aromatic carbocycles. The van der Waals surface area contributed by atoms with E-state index in [2.05, 4.69) is 67.6 Å². The van der Waals surface area contributed by atoms with Crippen LogP contribution in [0.2, 0.25) is 0 Å². The fraction of sp³-hybridized carbons (Fsp3) is 0.476. The molecule has 0 amide bonds. The molecule has 140 valence electrons. The van der Waals surface area contributed by atoms with E-state index in [0.717, 1.165) is 29.8 Å². The second kappa shape index (κ2) is 6.60. The van der Waals surface area contributed by atoms with E-state index >= 15 is 0 Å². The third-order valence-corrected chi connectivity index (χ3v) is 6.58. The van der Waals surface area contributed by atoms with Crippen LogP contribution in [0.15, 0.2) is 42.9 Å². The second-order valence-corrected chi connectivity index (χ2v) is 8.38. The molecule has 1 aliphatic carbocycles. The van der Waals surface area contributed by atoms with E-state index in [-0.39, 0.29) is 0 Å². The van der Waals surface area contributed by atoms with Crippen molar-refractivity contribution in [3.8, 4) is 0 Å². The zero-order valence-electron chi connectivity index (χ0n) is 15.7. The summed E-state index contributed by atoms with van der Waals surface area (Å²) in [5.74, 6) is 1.57. The Kier molecular flexibility index (Phi) is 4.08. The van der Waals surface area contributed by atoms with Crippen molar-refractivity contribution >= 4 is 16.9 Å². The van der Waals surface area contributed by atoms with Crippen LogP contribution < -0.4 is 5.32 Å². The number of hydrogen-bond acceptors (Lipinski definition) is 5. The summed E-state index contributed by atoms with van der Waals surface area (Å²) in [7, 11) is 0. The molecule has 0 bridgehead atoms. The van der Waals surface area contributed by atoms with E-state index in [1.807, 2.05) is 6.20 Å². The summed E-state index contributed by atoms with van der Waals surface area (Å²) in [5.41, 5.74) is 2.62. The summed E-state index contributed by atoms with van der Waals surface area (Å²) in [4.78, 5) is 11.4. The molecule has 2 N–H and O–H groups in total. The van der Waals surface area contributed by atoms with Crippen molar-refractivity contribution in [1.82, 2.24) is 25.1 Å². The fourth-order valence-electron chi connectivity index (χ4n) is 5.09. The first-order valence-electron chi connectivity index (χ1n) is 9.88. The van der Waals surface area contributed by atoms with Crippen LogP contribution in [0.3, 0.4) is 0 Å². The molecular weight excluding hydrogens is 336 g/mol. The van der Waals surface area contributed by atoms with Crippen LogP contribution in [0.25, 0.3) is 11.0 Å². The topological polar surface area (TPSA) is 69.7 Å². The van der Waals surface area contributed by atoms with Gasteiger partial charge in [0.25, 0.3) is 0 Å². The number of hydrogen-bond donors (Lipinski definition) is 2. The van der Waals surface area contributed by atoms with Crippen LogP contribution in [0.4, 0.5) is 5.82 Å². The van der Waals surface area contributed by atoms with Crippen molar-refractivity contribution in [1.29, 1.82) is 0 Å². The van der Waals surface area contributed by atoms with E-state index in [1.54, 1.807) is 6.33 Å². The van der Waals surface area contributed by atoms with Crippen molar-refractivity contribution in [3.63, 3.8) is 0 Å². The molecule has 2 fully saturated rings. The van der Waals surface area contributed by atoms with Crippen molar-refractivity contribution in [3.05, 3.63) is 48.4 Å². The van der Waals surface area contributed by atoms with E-state index < -0.39 is 0 Å². The minimum atomic E-state index is 0.400. The quantitative estimate of drug-likeness (QED) is 0.730.